The van der Waals surface area contributed by atoms with Gasteiger partial charge in [0.15, 0.2) is 0 Å². The minimum absolute atomic E-state index is 0.117. The van der Waals surface area contributed by atoms with Crippen molar-refractivity contribution in [3.63, 3.8) is 0 Å². The second-order valence-electron chi connectivity index (χ2n) is 4.13. The highest BCUT2D eigenvalue weighted by Gasteiger charge is 2.16. The number of halogens is 1. The van der Waals surface area contributed by atoms with Crippen LogP contribution >= 0.6 is 0 Å². The molecule has 96 valence electrons. The minimum atomic E-state index is -0.360. The molecular weight excluding hydrogens is 233 g/mol. The van der Waals surface area contributed by atoms with Crippen LogP contribution < -0.4 is 10.5 Å². The average Bonchev–Trinajstić information content (AvgIpc) is 2.86. The van der Waals surface area contributed by atoms with E-state index in [0.717, 1.165) is 19.4 Å². The highest BCUT2D eigenvalue weighted by Crippen LogP contribution is 2.18. The van der Waals surface area contributed by atoms with Crippen LogP contribution in [0.4, 0.5) is 4.39 Å². The molecule has 2 rings (SSSR count). The maximum absolute atomic E-state index is 13.3. The van der Waals surface area contributed by atoms with Gasteiger partial charge in [0.25, 0.3) is 0 Å². The topological polar surface area (TPSA) is 44.5 Å². The normalized spacial score (nSPS) is 18.2. The molecule has 0 radical (unpaired) electrons. The van der Waals surface area contributed by atoms with Crippen molar-refractivity contribution in [3.8, 4) is 17.6 Å². The molecule has 3 nitrogen and oxygen atoms in total. The molecule has 1 heterocycles. The van der Waals surface area contributed by atoms with Crippen LogP contribution in [-0.2, 0) is 4.74 Å². The summed E-state index contributed by atoms with van der Waals surface area (Å²) >= 11 is 0. The van der Waals surface area contributed by atoms with E-state index >= 15 is 0 Å². The second kappa shape index (κ2) is 6.39. The van der Waals surface area contributed by atoms with E-state index < -0.39 is 0 Å². The molecule has 0 aromatic heterocycles. The first-order chi connectivity index (χ1) is 8.78. The summed E-state index contributed by atoms with van der Waals surface area (Å²) in [7, 11) is 0. The number of rotatable bonds is 3. The maximum Gasteiger partial charge on any atom is 0.128 e. The van der Waals surface area contributed by atoms with Crippen LogP contribution in [0.15, 0.2) is 18.2 Å². The van der Waals surface area contributed by atoms with Crippen molar-refractivity contribution < 1.29 is 13.9 Å². The van der Waals surface area contributed by atoms with Gasteiger partial charge in [-0.05, 0) is 25.0 Å². The summed E-state index contributed by atoms with van der Waals surface area (Å²) in [4.78, 5) is 0. The van der Waals surface area contributed by atoms with Gasteiger partial charge in [-0.15, -0.1) is 0 Å². The van der Waals surface area contributed by atoms with E-state index in [1.54, 1.807) is 6.07 Å². The third kappa shape index (κ3) is 3.73. The number of benzene rings is 1. The van der Waals surface area contributed by atoms with E-state index in [4.69, 9.17) is 15.2 Å². The molecule has 4 heteroatoms. The maximum atomic E-state index is 13.3. The Morgan fingerprint density at radius 2 is 2.33 bits per heavy atom. The van der Waals surface area contributed by atoms with Crippen LogP contribution in [0.25, 0.3) is 0 Å². The van der Waals surface area contributed by atoms with E-state index in [9.17, 15) is 4.39 Å². The monoisotopic (exact) mass is 249 g/mol. The Balaban J connectivity index is 2.00. The molecule has 1 fully saturated rings. The summed E-state index contributed by atoms with van der Waals surface area (Å²) in [6.45, 7) is 1.49. The van der Waals surface area contributed by atoms with Gasteiger partial charge in [-0.25, -0.2) is 4.39 Å². The Kier molecular flexibility index (Phi) is 4.57. The molecule has 0 saturated carbocycles. The zero-order valence-corrected chi connectivity index (χ0v) is 10.1. The Labute approximate surface area is 106 Å². The molecule has 1 aliphatic rings. The molecule has 1 aromatic carbocycles. The lowest BCUT2D eigenvalue weighted by Gasteiger charge is -2.11. The van der Waals surface area contributed by atoms with Gasteiger partial charge in [0.2, 0.25) is 0 Å². The first-order valence-electron chi connectivity index (χ1n) is 6.02. The summed E-state index contributed by atoms with van der Waals surface area (Å²) in [6.07, 6.45) is 2.17. The average molecular weight is 249 g/mol. The van der Waals surface area contributed by atoms with Crippen molar-refractivity contribution >= 4 is 0 Å². The molecule has 1 aliphatic heterocycles. The number of hydrogen-bond acceptors (Lipinski definition) is 3. The summed E-state index contributed by atoms with van der Waals surface area (Å²) in [5.74, 6) is 5.59. The van der Waals surface area contributed by atoms with E-state index in [-0.39, 0.29) is 18.5 Å². The van der Waals surface area contributed by atoms with Crippen molar-refractivity contribution in [1.82, 2.24) is 0 Å². The molecule has 0 aliphatic carbocycles. The van der Waals surface area contributed by atoms with Crippen LogP contribution in [0.1, 0.15) is 18.4 Å². The predicted molar refractivity (Wildman–Crippen MR) is 66.8 cm³/mol. The number of nitrogens with two attached hydrogens (primary N) is 1. The number of ether oxygens (including phenoxy) is 2. The molecule has 1 saturated heterocycles. The molecule has 18 heavy (non-hydrogen) atoms. The van der Waals surface area contributed by atoms with Gasteiger partial charge in [-0.1, -0.05) is 11.8 Å². The van der Waals surface area contributed by atoms with Gasteiger partial charge >= 0.3 is 0 Å². The molecule has 1 atom stereocenters. The molecular formula is C14H16FNO2. The van der Waals surface area contributed by atoms with Crippen molar-refractivity contribution in [2.45, 2.75) is 18.9 Å². The molecule has 0 amide bonds. The van der Waals surface area contributed by atoms with Gasteiger partial charge in [-0.3, -0.25) is 0 Å². The smallest absolute Gasteiger partial charge is 0.128 e. The summed E-state index contributed by atoms with van der Waals surface area (Å²) in [5, 5.41) is 0. The van der Waals surface area contributed by atoms with Crippen LogP contribution in [0.3, 0.4) is 0 Å². The van der Waals surface area contributed by atoms with Gasteiger partial charge < -0.3 is 15.2 Å². The zero-order valence-electron chi connectivity index (χ0n) is 10.1. The van der Waals surface area contributed by atoms with E-state index in [1.165, 1.54) is 12.1 Å². The Morgan fingerprint density at radius 1 is 1.44 bits per heavy atom. The summed E-state index contributed by atoms with van der Waals surface area (Å²) in [6, 6.07) is 4.42. The van der Waals surface area contributed by atoms with Gasteiger partial charge in [-0.2, -0.15) is 0 Å². The molecule has 0 spiro atoms. The lowest BCUT2D eigenvalue weighted by atomic mass is 10.2. The largest absolute Gasteiger partial charge is 0.491 e. The quantitative estimate of drug-likeness (QED) is 0.829. The molecule has 1 unspecified atom stereocenters. The summed E-state index contributed by atoms with van der Waals surface area (Å²) in [5.41, 5.74) is 5.85. The minimum Gasteiger partial charge on any atom is -0.491 e. The van der Waals surface area contributed by atoms with Crippen LogP contribution in [-0.4, -0.2) is 25.9 Å². The molecule has 2 N–H and O–H groups in total. The van der Waals surface area contributed by atoms with Gasteiger partial charge in [0.1, 0.15) is 18.2 Å². The Hall–Kier alpha value is -1.57. The van der Waals surface area contributed by atoms with E-state index in [1.807, 2.05) is 0 Å². The molecule has 1 aromatic rings. The van der Waals surface area contributed by atoms with Crippen molar-refractivity contribution in [2.75, 3.05) is 19.8 Å². The van der Waals surface area contributed by atoms with Crippen molar-refractivity contribution in [1.29, 1.82) is 0 Å². The highest BCUT2D eigenvalue weighted by molar-refractivity contribution is 5.40. The fraction of sp³-hybridized carbons (Fsp3) is 0.429. The van der Waals surface area contributed by atoms with Gasteiger partial charge in [0.05, 0.1) is 12.6 Å². The number of hydrogen-bond donors (Lipinski definition) is 1. The van der Waals surface area contributed by atoms with Gasteiger partial charge in [0, 0.05) is 18.2 Å². The molecule has 0 bridgehead atoms. The van der Waals surface area contributed by atoms with Crippen molar-refractivity contribution in [2.24, 2.45) is 5.73 Å². The lowest BCUT2D eigenvalue weighted by molar-refractivity contribution is 0.0678. The first-order valence-corrected chi connectivity index (χ1v) is 6.02. The second-order valence-corrected chi connectivity index (χ2v) is 4.13. The predicted octanol–water partition coefficient (Wildman–Crippen LogP) is 1.69. The zero-order chi connectivity index (χ0) is 12.8. The van der Waals surface area contributed by atoms with E-state index in [2.05, 4.69) is 11.8 Å². The van der Waals surface area contributed by atoms with Crippen LogP contribution in [0.5, 0.6) is 5.75 Å². The van der Waals surface area contributed by atoms with Crippen molar-refractivity contribution in [3.05, 3.63) is 29.6 Å². The lowest BCUT2D eigenvalue weighted by Crippen LogP contribution is -2.16. The Morgan fingerprint density at radius 3 is 3.06 bits per heavy atom. The first kappa shape index (κ1) is 12.9. The fourth-order valence-electron chi connectivity index (χ4n) is 1.84. The standard InChI is InChI=1S/C14H16FNO2/c15-12-7-11(3-1-5-16)8-14(9-12)18-10-13-4-2-6-17-13/h7-9,13H,2,4-6,10,16H2. The fourth-order valence-corrected chi connectivity index (χ4v) is 1.84. The van der Waals surface area contributed by atoms with E-state index in [0.29, 0.717) is 17.9 Å². The Bertz CT molecular complexity index is 459. The van der Waals surface area contributed by atoms with Crippen LogP contribution in [0, 0.1) is 17.7 Å². The summed E-state index contributed by atoms with van der Waals surface area (Å²) < 4.78 is 24.3. The third-order valence-corrected chi connectivity index (χ3v) is 2.67. The third-order valence-electron chi connectivity index (χ3n) is 2.67. The van der Waals surface area contributed by atoms with Crippen LogP contribution in [0.2, 0.25) is 0 Å². The SMILES string of the molecule is NCC#Cc1cc(F)cc(OCC2CCCO2)c1. The highest BCUT2D eigenvalue weighted by atomic mass is 19.1.